The zero-order valence-corrected chi connectivity index (χ0v) is 13.8. The molecule has 1 aromatic rings. The summed E-state index contributed by atoms with van der Waals surface area (Å²) in [4.78, 5) is 15.4. The Morgan fingerprint density at radius 2 is 2.05 bits per heavy atom. The highest BCUT2D eigenvalue weighted by molar-refractivity contribution is 7.12. The van der Waals surface area contributed by atoms with Crippen molar-refractivity contribution in [3.63, 3.8) is 0 Å². The van der Waals surface area contributed by atoms with Crippen LogP contribution in [0.25, 0.3) is 0 Å². The van der Waals surface area contributed by atoms with Crippen molar-refractivity contribution in [2.75, 3.05) is 19.6 Å². The van der Waals surface area contributed by atoms with E-state index < -0.39 is 0 Å². The maximum absolute atomic E-state index is 12.7. The third kappa shape index (κ3) is 3.48. The lowest BCUT2D eigenvalue weighted by Crippen LogP contribution is -2.42. The Balaban J connectivity index is 2.07. The van der Waals surface area contributed by atoms with E-state index in [1.165, 1.54) is 24.2 Å². The van der Waals surface area contributed by atoms with Crippen LogP contribution in [0.5, 0.6) is 0 Å². The van der Waals surface area contributed by atoms with Crippen molar-refractivity contribution in [3.05, 3.63) is 21.9 Å². The second-order valence-electron chi connectivity index (χ2n) is 5.67. The molecule has 1 saturated heterocycles. The summed E-state index contributed by atoms with van der Waals surface area (Å²) in [7, 11) is 0. The van der Waals surface area contributed by atoms with Crippen LogP contribution in [0.2, 0.25) is 0 Å². The van der Waals surface area contributed by atoms with E-state index in [2.05, 4.69) is 25.7 Å². The van der Waals surface area contributed by atoms with Crippen LogP contribution in [0.3, 0.4) is 0 Å². The van der Waals surface area contributed by atoms with Gasteiger partial charge >= 0.3 is 0 Å². The van der Waals surface area contributed by atoms with Crippen molar-refractivity contribution in [1.82, 2.24) is 4.90 Å². The number of nitrogens with two attached hydrogens (primary N) is 1. The fourth-order valence-corrected chi connectivity index (χ4v) is 3.82. The lowest BCUT2D eigenvalue weighted by atomic mass is 9.74. The Morgan fingerprint density at radius 1 is 1.38 bits per heavy atom. The lowest BCUT2D eigenvalue weighted by molar-refractivity contribution is 0.0562. The molecule has 0 aliphatic carbocycles. The second-order valence-corrected chi connectivity index (χ2v) is 6.58. The zero-order valence-electron chi connectivity index (χ0n) is 12.9. The molecule has 0 bridgehead atoms. The molecule has 2 N–H and O–H groups in total. The van der Waals surface area contributed by atoms with E-state index in [1.54, 1.807) is 0 Å². The number of carbonyl (C=O) groups is 1. The Kier molecular flexibility index (Phi) is 5.44. The van der Waals surface area contributed by atoms with Gasteiger partial charge in [-0.3, -0.25) is 4.79 Å². The molecule has 0 saturated carbocycles. The van der Waals surface area contributed by atoms with Gasteiger partial charge in [0, 0.05) is 18.7 Å². The molecule has 0 spiro atoms. The minimum Gasteiger partial charge on any atom is -0.338 e. The second kappa shape index (κ2) is 7.11. The van der Waals surface area contributed by atoms with Crippen LogP contribution in [-0.2, 0) is 0 Å². The van der Waals surface area contributed by atoms with Gasteiger partial charge in [0.1, 0.15) is 4.88 Å². The number of carbonyl (C=O) groups excluding carboxylic acids is 1. The van der Waals surface area contributed by atoms with Crippen molar-refractivity contribution in [1.29, 1.82) is 0 Å². The summed E-state index contributed by atoms with van der Waals surface area (Å²) in [6.45, 7) is 6.58. The topological polar surface area (TPSA) is 46.3 Å². The van der Waals surface area contributed by atoms with Gasteiger partial charge in [-0.05, 0) is 29.7 Å². The van der Waals surface area contributed by atoms with Gasteiger partial charge in [0.05, 0.1) is 6.54 Å². The number of hydrogen-bond acceptors (Lipinski definition) is 3. The van der Waals surface area contributed by atoms with E-state index >= 15 is 0 Å². The van der Waals surface area contributed by atoms with Crippen molar-refractivity contribution >= 4 is 17.2 Å². The number of likely N-dealkylation sites (tertiary alicyclic amines) is 1. The van der Waals surface area contributed by atoms with Gasteiger partial charge in [0.25, 0.3) is 5.91 Å². The first-order valence-electron chi connectivity index (χ1n) is 7.71. The normalized spacial score (nSPS) is 17.2. The Labute approximate surface area is 131 Å². The van der Waals surface area contributed by atoms with Crippen LogP contribution in [0, 0.1) is 17.3 Å². The van der Waals surface area contributed by atoms with Gasteiger partial charge in [-0.25, -0.2) is 0 Å². The van der Waals surface area contributed by atoms with Gasteiger partial charge in [0.2, 0.25) is 0 Å². The van der Waals surface area contributed by atoms with Crippen LogP contribution < -0.4 is 5.73 Å². The number of rotatable bonds is 3. The molecular formula is C17H24N2OS. The van der Waals surface area contributed by atoms with Crippen LogP contribution in [0.4, 0.5) is 0 Å². The molecular weight excluding hydrogens is 280 g/mol. The highest BCUT2D eigenvalue weighted by Crippen LogP contribution is 2.38. The van der Waals surface area contributed by atoms with E-state index in [0.29, 0.717) is 12.0 Å². The van der Waals surface area contributed by atoms with Crippen LogP contribution in [-0.4, -0.2) is 30.4 Å². The van der Waals surface area contributed by atoms with Crippen LogP contribution >= 0.6 is 11.3 Å². The summed E-state index contributed by atoms with van der Waals surface area (Å²) in [6.07, 6.45) is 4.64. The molecule has 0 unspecified atom stereocenters. The molecule has 1 fully saturated rings. The molecule has 0 radical (unpaired) electrons. The van der Waals surface area contributed by atoms with Crippen LogP contribution in [0.1, 0.15) is 54.8 Å². The van der Waals surface area contributed by atoms with E-state index in [0.717, 1.165) is 36.4 Å². The molecule has 1 amide bonds. The molecule has 3 nitrogen and oxygen atoms in total. The standard InChI is InChI=1S/C17H24N2OS/c1-3-17(4-2)8-11-19(12-9-17)16(20)15-14(6-5-10-18)7-13-21-15/h7,13H,3-4,8-12,18H2,1-2H3. The smallest absolute Gasteiger partial charge is 0.265 e. The van der Waals surface area contributed by atoms with Gasteiger partial charge in [-0.1, -0.05) is 38.5 Å². The summed E-state index contributed by atoms with van der Waals surface area (Å²) in [5.74, 6) is 5.96. The predicted molar refractivity (Wildman–Crippen MR) is 88.4 cm³/mol. The molecule has 0 aromatic carbocycles. The molecule has 21 heavy (non-hydrogen) atoms. The molecule has 1 aliphatic rings. The van der Waals surface area contributed by atoms with E-state index in [-0.39, 0.29) is 5.91 Å². The fourth-order valence-electron chi connectivity index (χ4n) is 3.00. The van der Waals surface area contributed by atoms with Crippen molar-refractivity contribution in [2.45, 2.75) is 39.5 Å². The number of hydrogen-bond donors (Lipinski definition) is 1. The van der Waals surface area contributed by atoms with E-state index in [9.17, 15) is 4.79 Å². The molecule has 114 valence electrons. The molecule has 1 aliphatic heterocycles. The largest absolute Gasteiger partial charge is 0.338 e. The summed E-state index contributed by atoms with van der Waals surface area (Å²) in [5, 5.41) is 1.93. The highest BCUT2D eigenvalue weighted by atomic mass is 32.1. The first-order chi connectivity index (χ1) is 10.2. The number of piperidine rings is 1. The van der Waals surface area contributed by atoms with E-state index in [4.69, 9.17) is 5.73 Å². The molecule has 0 atom stereocenters. The fraction of sp³-hybridized carbons (Fsp3) is 0.588. The SMILES string of the molecule is CCC1(CC)CCN(C(=O)c2sccc2C#CCN)CC1. The maximum Gasteiger partial charge on any atom is 0.265 e. The molecule has 2 rings (SSSR count). The third-order valence-corrected chi connectivity index (χ3v) is 5.70. The maximum atomic E-state index is 12.7. The van der Waals surface area contributed by atoms with E-state index in [1.807, 2.05) is 16.3 Å². The Morgan fingerprint density at radius 3 is 2.62 bits per heavy atom. The van der Waals surface area contributed by atoms with Gasteiger partial charge < -0.3 is 10.6 Å². The van der Waals surface area contributed by atoms with Crippen molar-refractivity contribution in [2.24, 2.45) is 11.1 Å². The summed E-state index contributed by atoms with van der Waals surface area (Å²) >= 11 is 1.48. The number of amides is 1. The third-order valence-electron chi connectivity index (χ3n) is 4.80. The first kappa shape index (κ1) is 16.1. The molecule has 4 heteroatoms. The number of thiophene rings is 1. The minimum absolute atomic E-state index is 0.132. The lowest BCUT2D eigenvalue weighted by Gasteiger charge is -2.40. The average molecular weight is 304 g/mol. The van der Waals surface area contributed by atoms with Crippen LogP contribution in [0.15, 0.2) is 11.4 Å². The van der Waals surface area contributed by atoms with Crippen molar-refractivity contribution < 1.29 is 4.79 Å². The predicted octanol–water partition coefficient (Wildman–Crippen LogP) is 3.10. The molecule has 1 aromatic heterocycles. The summed E-state index contributed by atoms with van der Waals surface area (Å²) < 4.78 is 0. The first-order valence-corrected chi connectivity index (χ1v) is 8.59. The van der Waals surface area contributed by atoms with Gasteiger partial charge in [-0.2, -0.15) is 0 Å². The average Bonchev–Trinajstić information content (AvgIpc) is 3.00. The van der Waals surface area contributed by atoms with Gasteiger partial charge in [-0.15, -0.1) is 11.3 Å². The highest BCUT2D eigenvalue weighted by Gasteiger charge is 2.33. The summed E-state index contributed by atoms with van der Waals surface area (Å²) in [6, 6.07) is 1.91. The quantitative estimate of drug-likeness (QED) is 0.872. The Bertz CT molecular complexity index is 539. The van der Waals surface area contributed by atoms with Gasteiger partial charge in [0.15, 0.2) is 0 Å². The van der Waals surface area contributed by atoms with Crippen molar-refractivity contribution in [3.8, 4) is 11.8 Å². The summed E-state index contributed by atoms with van der Waals surface area (Å²) in [5.41, 5.74) is 6.67. The minimum atomic E-state index is 0.132. The monoisotopic (exact) mass is 304 g/mol. The molecule has 2 heterocycles. The Hall–Kier alpha value is -1.31. The number of nitrogens with zero attached hydrogens (tertiary/aromatic N) is 1. The zero-order chi connectivity index (χ0) is 15.3.